The minimum absolute atomic E-state index is 0.0414. The number of benzene rings is 2. The van der Waals surface area contributed by atoms with Gasteiger partial charge in [-0.1, -0.05) is 29.8 Å². The third-order valence-electron chi connectivity index (χ3n) is 6.04. The lowest BCUT2D eigenvalue weighted by atomic mass is 9.98. The Labute approximate surface area is 211 Å². The largest absolute Gasteiger partial charge is 0.479 e. The molecule has 0 radical (unpaired) electrons. The lowest BCUT2D eigenvalue weighted by Crippen LogP contribution is -2.64. The summed E-state index contributed by atoms with van der Waals surface area (Å²) in [6, 6.07) is 11.0. The van der Waals surface area contributed by atoms with Gasteiger partial charge in [-0.2, -0.15) is 4.72 Å². The number of anilines is 1. The van der Waals surface area contributed by atoms with Crippen LogP contribution in [0.1, 0.15) is 22.8 Å². The van der Waals surface area contributed by atoms with E-state index in [1.807, 2.05) is 35.9 Å². The summed E-state index contributed by atoms with van der Waals surface area (Å²) in [5.41, 5.74) is 4.59. The number of amides is 1. The van der Waals surface area contributed by atoms with Gasteiger partial charge in [0, 0.05) is 5.56 Å². The zero-order valence-corrected chi connectivity index (χ0v) is 20.3. The van der Waals surface area contributed by atoms with Crippen molar-refractivity contribution in [3.63, 3.8) is 0 Å². The Hall–Kier alpha value is -2.78. The first-order valence-corrected chi connectivity index (χ1v) is 12.7. The molecule has 2 aromatic carbocycles. The minimum atomic E-state index is -4.60. The van der Waals surface area contributed by atoms with Gasteiger partial charge < -0.3 is 25.2 Å². The van der Waals surface area contributed by atoms with Gasteiger partial charge in [0.15, 0.2) is 12.3 Å². The molecule has 4 rings (SSSR count). The number of carbonyl (C=O) groups excluding carboxylic acids is 1. The predicted octanol–water partition coefficient (Wildman–Crippen LogP) is -0.393. The van der Waals surface area contributed by atoms with E-state index < -0.39 is 57.4 Å². The number of para-hydroxylation sites is 1. The molecule has 194 valence electrons. The van der Waals surface area contributed by atoms with Crippen LogP contribution in [-0.2, 0) is 26.0 Å². The number of carboxylic acid groups (broad SMARTS) is 1. The molecule has 0 aromatic heterocycles. The molecular formula is C22H24ClN3O9S. The Morgan fingerprint density at radius 1 is 1.08 bits per heavy atom. The smallest absolute Gasteiger partial charge is 0.335 e. The molecule has 1 unspecified atom stereocenters. The lowest BCUT2D eigenvalue weighted by Gasteiger charge is -2.38. The molecular weight excluding hydrogens is 518 g/mol. The van der Waals surface area contributed by atoms with Gasteiger partial charge >= 0.3 is 5.97 Å². The molecule has 6 atom stereocenters. The number of hydrogen-bond donors (Lipinski definition) is 6. The van der Waals surface area contributed by atoms with Crippen molar-refractivity contribution in [2.45, 2.75) is 54.9 Å². The summed E-state index contributed by atoms with van der Waals surface area (Å²) < 4.78 is 33.0. The Morgan fingerprint density at radius 2 is 1.78 bits per heavy atom. The summed E-state index contributed by atoms with van der Waals surface area (Å²) in [6.07, 6.45) is -9.22. The second kappa shape index (κ2) is 9.94. The maximum atomic E-state index is 13.0. The fraction of sp³-hybridized carbons (Fsp3) is 0.364. The number of hydrogen-bond acceptors (Lipinski definition) is 9. The first-order chi connectivity index (χ1) is 16.9. The molecule has 2 heterocycles. The number of hydrazine groups is 1. The van der Waals surface area contributed by atoms with Crippen LogP contribution in [0.15, 0.2) is 47.4 Å². The van der Waals surface area contributed by atoms with E-state index in [9.17, 15) is 33.3 Å². The summed E-state index contributed by atoms with van der Waals surface area (Å²) in [5, 5.41) is 40.4. The molecule has 1 fully saturated rings. The minimum Gasteiger partial charge on any atom is -0.479 e. The molecule has 0 aliphatic carbocycles. The quantitative estimate of drug-likeness (QED) is 0.281. The van der Waals surface area contributed by atoms with Crippen LogP contribution in [-0.4, -0.2) is 77.4 Å². The van der Waals surface area contributed by atoms with Crippen LogP contribution in [0.3, 0.4) is 0 Å². The van der Waals surface area contributed by atoms with Crippen molar-refractivity contribution in [1.29, 1.82) is 0 Å². The lowest BCUT2D eigenvalue weighted by molar-refractivity contribution is -0.229. The average molecular weight is 542 g/mol. The second-order valence-electron chi connectivity index (χ2n) is 8.55. The van der Waals surface area contributed by atoms with Crippen molar-refractivity contribution in [3.8, 4) is 0 Å². The third-order valence-corrected chi connectivity index (χ3v) is 7.94. The number of rotatable bonds is 6. The predicted molar refractivity (Wildman–Crippen MR) is 126 cm³/mol. The number of nitrogens with one attached hydrogen (secondary N) is 2. The molecule has 12 nitrogen and oxygen atoms in total. The number of aliphatic hydroxyl groups excluding tert-OH is 3. The Morgan fingerprint density at radius 3 is 2.47 bits per heavy atom. The SMILES string of the molecule is CC1Cc2ccccc2N1NC(=O)c1ccc(Cl)c(S(=O)(=O)N[C@@H]2O[C@H](C(=O)O)[C@@H](O)[C@H](O)[C@H]2O)c1. The highest BCUT2D eigenvalue weighted by atomic mass is 35.5. The van der Waals surface area contributed by atoms with Crippen molar-refractivity contribution < 1.29 is 43.2 Å². The van der Waals surface area contributed by atoms with Gasteiger partial charge in [-0.05, 0) is 43.2 Å². The Kier molecular flexibility index (Phi) is 7.26. The van der Waals surface area contributed by atoms with E-state index in [1.54, 1.807) is 5.01 Å². The van der Waals surface area contributed by atoms with Crippen molar-refractivity contribution in [3.05, 3.63) is 58.6 Å². The first kappa shape index (κ1) is 26.3. The van der Waals surface area contributed by atoms with E-state index in [0.29, 0.717) is 6.42 Å². The first-order valence-electron chi connectivity index (χ1n) is 10.8. The van der Waals surface area contributed by atoms with E-state index in [0.717, 1.165) is 17.3 Å². The number of fused-ring (bicyclic) bond motifs is 1. The highest BCUT2D eigenvalue weighted by Crippen LogP contribution is 2.31. The molecule has 1 saturated heterocycles. The number of halogens is 1. The normalized spacial score (nSPS) is 28.0. The molecule has 6 N–H and O–H groups in total. The molecule has 0 bridgehead atoms. The summed E-state index contributed by atoms with van der Waals surface area (Å²) in [6.45, 7) is 1.92. The highest BCUT2D eigenvalue weighted by molar-refractivity contribution is 7.89. The number of carboxylic acids is 1. The number of aliphatic carboxylic acids is 1. The molecule has 36 heavy (non-hydrogen) atoms. The van der Waals surface area contributed by atoms with Crippen LogP contribution in [0, 0.1) is 0 Å². The second-order valence-corrected chi connectivity index (χ2v) is 10.6. The molecule has 2 aliphatic rings. The molecule has 2 aliphatic heterocycles. The maximum Gasteiger partial charge on any atom is 0.335 e. The monoisotopic (exact) mass is 541 g/mol. The number of carbonyl (C=O) groups is 2. The molecule has 14 heteroatoms. The van der Waals surface area contributed by atoms with Gasteiger partial charge in [0.05, 0.1) is 16.8 Å². The molecule has 0 spiro atoms. The van der Waals surface area contributed by atoms with Crippen molar-refractivity contribution in [1.82, 2.24) is 10.1 Å². The zero-order valence-electron chi connectivity index (χ0n) is 18.8. The Balaban J connectivity index is 1.56. The van der Waals surface area contributed by atoms with Crippen LogP contribution in [0.2, 0.25) is 5.02 Å². The summed E-state index contributed by atoms with van der Waals surface area (Å²) in [4.78, 5) is 23.7. The van der Waals surface area contributed by atoms with Crippen LogP contribution >= 0.6 is 11.6 Å². The molecule has 1 amide bonds. The van der Waals surface area contributed by atoms with Crippen LogP contribution in [0.5, 0.6) is 0 Å². The van der Waals surface area contributed by atoms with Gasteiger partial charge in [0.25, 0.3) is 5.91 Å². The summed E-state index contributed by atoms with van der Waals surface area (Å²) in [5.74, 6) is -2.28. The van der Waals surface area contributed by atoms with E-state index in [4.69, 9.17) is 21.4 Å². The number of nitrogens with zero attached hydrogens (tertiary/aromatic N) is 1. The summed E-state index contributed by atoms with van der Waals surface area (Å²) >= 11 is 6.08. The third kappa shape index (κ3) is 4.91. The van der Waals surface area contributed by atoms with E-state index in [2.05, 4.69) is 5.43 Å². The topological polar surface area (TPSA) is 186 Å². The van der Waals surface area contributed by atoms with Crippen LogP contribution in [0.4, 0.5) is 5.69 Å². The Bertz CT molecular complexity index is 1290. The van der Waals surface area contributed by atoms with Crippen LogP contribution in [0.25, 0.3) is 0 Å². The van der Waals surface area contributed by atoms with E-state index in [1.165, 1.54) is 12.1 Å². The van der Waals surface area contributed by atoms with E-state index in [-0.39, 0.29) is 16.6 Å². The average Bonchev–Trinajstić information content (AvgIpc) is 3.14. The number of ether oxygens (including phenoxy) is 1. The number of aliphatic hydroxyl groups is 3. The fourth-order valence-corrected chi connectivity index (χ4v) is 5.81. The van der Waals surface area contributed by atoms with Gasteiger partial charge in [-0.3, -0.25) is 15.2 Å². The highest BCUT2D eigenvalue weighted by Gasteiger charge is 2.48. The van der Waals surface area contributed by atoms with Gasteiger partial charge in [-0.25, -0.2) is 13.2 Å². The maximum absolute atomic E-state index is 13.0. The van der Waals surface area contributed by atoms with Gasteiger partial charge in [0.1, 0.15) is 23.2 Å². The van der Waals surface area contributed by atoms with E-state index >= 15 is 0 Å². The van der Waals surface area contributed by atoms with Crippen molar-refractivity contribution >= 4 is 39.2 Å². The zero-order chi connectivity index (χ0) is 26.4. The van der Waals surface area contributed by atoms with Crippen molar-refractivity contribution in [2.75, 3.05) is 5.01 Å². The fourth-order valence-electron chi connectivity index (χ4n) is 4.16. The van der Waals surface area contributed by atoms with Crippen molar-refractivity contribution in [2.24, 2.45) is 0 Å². The van der Waals surface area contributed by atoms with Crippen LogP contribution < -0.4 is 15.2 Å². The van der Waals surface area contributed by atoms with Gasteiger partial charge in [-0.15, -0.1) is 0 Å². The molecule has 2 aromatic rings. The summed E-state index contributed by atoms with van der Waals surface area (Å²) in [7, 11) is -4.60. The van der Waals surface area contributed by atoms with Gasteiger partial charge in [0.2, 0.25) is 10.0 Å². The standard InChI is InChI=1S/C22H24ClN3O9S/c1-10-8-11-4-2-3-5-14(11)26(10)24-20(30)12-6-7-13(23)15(9-12)36(33,34)25-21-18(29)16(27)17(28)19(35-21)22(31)32/h2-7,9-10,16-19,21,25,27-29H,8H2,1H3,(H,24,30)(H,31,32)/t10?,16-,17-,18+,19-,21+/m0/s1. The molecule has 0 saturated carbocycles. The number of sulfonamides is 1.